The minimum Gasteiger partial charge on any atom is -0.337 e. The van der Waals surface area contributed by atoms with Gasteiger partial charge in [-0.1, -0.05) is 6.92 Å². The summed E-state index contributed by atoms with van der Waals surface area (Å²) in [6.45, 7) is 3.10. The first-order chi connectivity index (χ1) is 11.2. The Labute approximate surface area is 132 Å². The zero-order chi connectivity index (χ0) is 16.2. The van der Waals surface area contributed by atoms with Gasteiger partial charge < -0.3 is 9.47 Å². The van der Waals surface area contributed by atoms with E-state index >= 15 is 0 Å². The van der Waals surface area contributed by atoms with Crippen molar-refractivity contribution >= 4 is 5.91 Å². The van der Waals surface area contributed by atoms with Crippen LogP contribution in [0.3, 0.4) is 0 Å². The fourth-order valence-corrected chi connectivity index (χ4v) is 2.22. The van der Waals surface area contributed by atoms with Crippen LogP contribution in [0.5, 0.6) is 0 Å². The highest BCUT2D eigenvalue weighted by Crippen LogP contribution is 2.10. The van der Waals surface area contributed by atoms with Crippen LogP contribution >= 0.6 is 0 Å². The number of amides is 1. The molecule has 0 saturated heterocycles. The molecule has 0 aliphatic heterocycles. The summed E-state index contributed by atoms with van der Waals surface area (Å²) in [5, 5.41) is 17.7. The quantitative estimate of drug-likeness (QED) is 0.694. The molecule has 120 valence electrons. The number of carbonyl (C=O) groups is 1. The molecule has 23 heavy (non-hydrogen) atoms. The average molecular weight is 315 g/mol. The number of aromatic nitrogens is 8. The standard InChI is InChI=1S/C13H17N9O/c1-3-5-21(8-12-14-4-6-20(12)2)13(23)10-7-11(17-16-10)22-9-15-18-19-22/h4,6-7,9H,3,5,8H2,1-2H3,(H,16,17). The van der Waals surface area contributed by atoms with E-state index in [2.05, 4.69) is 30.7 Å². The molecule has 10 heteroatoms. The van der Waals surface area contributed by atoms with E-state index in [1.807, 2.05) is 24.7 Å². The van der Waals surface area contributed by atoms with Crippen LogP contribution in [0.2, 0.25) is 0 Å². The van der Waals surface area contributed by atoms with Gasteiger partial charge in [-0.15, -0.1) is 5.10 Å². The highest BCUT2D eigenvalue weighted by atomic mass is 16.2. The van der Waals surface area contributed by atoms with Crippen molar-refractivity contribution in [2.24, 2.45) is 7.05 Å². The third-order valence-electron chi connectivity index (χ3n) is 3.41. The van der Waals surface area contributed by atoms with Gasteiger partial charge in [-0.3, -0.25) is 9.89 Å². The lowest BCUT2D eigenvalue weighted by atomic mass is 10.3. The van der Waals surface area contributed by atoms with Crippen LogP contribution in [0.1, 0.15) is 29.7 Å². The lowest BCUT2D eigenvalue weighted by molar-refractivity contribution is 0.0731. The summed E-state index contributed by atoms with van der Waals surface area (Å²) >= 11 is 0. The van der Waals surface area contributed by atoms with Gasteiger partial charge in [-0.25, -0.2) is 4.98 Å². The zero-order valence-corrected chi connectivity index (χ0v) is 12.9. The van der Waals surface area contributed by atoms with E-state index in [-0.39, 0.29) is 5.91 Å². The summed E-state index contributed by atoms with van der Waals surface area (Å²) in [5.74, 6) is 1.15. The summed E-state index contributed by atoms with van der Waals surface area (Å²) in [4.78, 5) is 18.7. The highest BCUT2D eigenvalue weighted by molar-refractivity contribution is 5.92. The molecule has 0 aromatic carbocycles. The number of aromatic amines is 1. The number of tetrazole rings is 1. The molecule has 3 aromatic rings. The van der Waals surface area contributed by atoms with Crippen molar-refractivity contribution in [2.75, 3.05) is 6.54 Å². The molecule has 0 aliphatic rings. The van der Waals surface area contributed by atoms with Crippen molar-refractivity contribution in [3.05, 3.63) is 36.3 Å². The smallest absolute Gasteiger partial charge is 0.272 e. The molecule has 0 atom stereocenters. The largest absolute Gasteiger partial charge is 0.337 e. The van der Waals surface area contributed by atoms with Crippen molar-refractivity contribution in [1.29, 1.82) is 0 Å². The van der Waals surface area contributed by atoms with E-state index in [0.717, 1.165) is 12.2 Å². The molecular weight excluding hydrogens is 298 g/mol. The maximum Gasteiger partial charge on any atom is 0.272 e. The van der Waals surface area contributed by atoms with Crippen LogP contribution in [0.4, 0.5) is 0 Å². The molecule has 0 fully saturated rings. The minimum absolute atomic E-state index is 0.137. The average Bonchev–Trinajstić information content (AvgIpc) is 3.28. The summed E-state index contributed by atoms with van der Waals surface area (Å²) in [5.41, 5.74) is 0.387. The van der Waals surface area contributed by atoms with Crippen molar-refractivity contribution < 1.29 is 4.79 Å². The zero-order valence-electron chi connectivity index (χ0n) is 12.9. The molecule has 3 aromatic heterocycles. The van der Waals surface area contributed by atoms with Gasteiger partial charge in [0, 0.05) is 32.1 Å². The molecule has 1 amide bonds. The molecular formula is C13H17N9O. The Morgan fingerprint density at radius 2 is 2.30 bits per heavy atom. The predicted molar refractivity (Wildman–Crippen MR) is 79.5 cm³/mol. The molecule has 3 rings (SSSR count). The number of carbonyl (C=O) groups excluding carboxylic acids is 1. The molecule has 0 unspecified atom stereocenters. The van der Waals surface area contributed by atoms with Crippen molar-refractivity contribution in [1.82, 2.24) is 44.9 Å². The van der Waals surface area contributed by atoms with Crippen molar-refractivity contribution in [3.8, 4) is 5.82 Å². The van der Waals surface area contributed by atoms with E-state index in [9.17, 15) is 4.79 Å². The lowest BCUT2D eigenvalue weighted by Crippen LogP contribution is -2.32. The third kappa shape index (κ3) is 3.10. The van der Waals surface area contributed by atoms with Crippen LogP contribution in [0.25, 0.3) is 5.82 Å². The van der Waals surface area contributed by atoms with Crippen LogP contribution in [0, 0.1) is 0 Å². The number of imidazole rings is 1. The topological polar surface area (TPSA) is 110 Å². The maximum absolute atomic E-state index is 12.7. The molecule has 0 spiro atoms. The number of rotatable bonds is 6. The third-order valence-corrected chi connectivity index (χ3v) is 3.41. The lowest BCUT2D eigenvalue weighted by Gasteiger charge is -2.20. The number of hydrogen-bond donors (Lipinski definition) is 1. The first kappa shape index (κ1) is 14.9. The number of H-pyrrole nitrogens is 1. The molecule has 1 N–H and O–H groups in total. The first-order valence-corrected chi connectivity index (χ1v) is 7.23. The molecule has 0 saturated carbocycles. The van der Waals surface area contributed by atoms with Gasteiger partial charge >= 0.3 is 0 Å². The highest BCUT2D eigenvalue weighted by Gasteiger charge is 2.20. The number of nitrogens with zero attached hydrogens (tertiary/aromatic N) is 8. The summed E-state index contributed by atoms with van der Waals surface area (Å²) in [7, 11) is 1.91. The first-order valence-electron chi connectivity index (χ1n) is 7.23. The Bertz CT molecular complexity index is 773. The summed E-state index contributed by atoms with van der Waals surface area (Å²) in [6, 6.07) is 1.62. The van der Waals surface area contributed by atoms with Gasteiger partial charge in [-0.2, -0.15) is 9.78 Å². The summed E-state index contributed by atoms with van der Waals surface area (Å²) in [6.07, 6.45) is 5.85. The van der Waals surface area contributed by atoms with Crippen molar-refractivity contribution in [2.45, 2.75) is 19.9 Å². The Kier molecular flexibility index (Phi) is 4.13. The van der Waals surface area contributed by atoms with Crippen LogP contribution in [-0.4, -0.2) is 57.3 Å². The second-order valence-electron chi connectivity index (χ2n) is 5.08. The Morgan fingerprint density at radius 1 is 1.43 bits per heavy atom. The van der Waals surface area contributed by atoms with E-state index in [1.54, 1.807) is 17.2 Å². The van der Waals surface area contributed by atoms with Crippen LogP contribution < -0.4 is 0 Å². The van der Waals surface area contributed by atoms with Crippen LogP contribution in [0.15, 0.2) is 24.8 Å². The molecule has 3 heterocycles. The van der Waals surface area contributed by atoms with E-state index in [4.69, 9.17) is 0 Å². The molecule has 0 aliphatic carbocycles. The Balaban J connectivity index is 1.79. The van der Waals surface area contributed by atoms with E-state index < -0.39 is 0 Å². The number of aryl methyl sites for hydroxylation is 1. The molecule has 0 bridgehead atoms. The van der Waals surface area contributed by atoms with E-state index in [0.29, 0.717) is 24.6 Å². The number of hydrogen-bond acceptors (Lipinski definition) is 6. The summed E-state index contributed by atoms with van der Waals surface area (Å²) < 4.78 is 3.28. The predicted octanol–water partition coefficient (Wildman–Crippen LogP) is 0.171. The second kappa shape index (κ2) is 6.38. The fraction of sp³-hybridized carbons (Fsp3) is 0.385. The van der Waals surface area contributed by atoms with Gasteiger partial charge in [-0.05, 0) is 16.8 Å². The van der Waals surface area contributed by atoms with Gasteiger partial charge in [0.1, 0.15) is 17.8 Å². The molecule has 10 nitrogen and oxygen atoms in total. The minimum atomic E-state index is -0.137. The SMILES string of the molecule is CCCN(Cc1nccn1C)C(=O)c1cc(-n2cnnn2)n[nH]1. The number of nitrogens with one attached hydrogen (secondary N) is 1. The van der Waals surface area contributed by atoms with Gasteiger partial charge in [0.15, 0.2) is 5.82 Å². The van der Waals surface area contributed by atoms with Gasteiger partial charge in [0.25, 0.3) is 5.91 Å². The fourth-order valence-electron chi connectivity index (χ4n) is 2.22. The Hall–Kier alpha value is -3.04. The monoisotopic (exact) mass is 315 g/mol. The van der Waals surface area contributed by atoms with Gasteiger partial charge in [0.05, 0.1) is 6.54 Å². The second-order valence-corrected chi connectivity index (χ2v) is 5.08. The van der Waals surface area contributed by atoms with Crippen molar-refractivity contribution in [3.63, 3.8) is 0 Å². The maximum atomic E-state index is 12.7. The molecule has 0 radical (unpaired) electrons. The van der Waals surface area contributed by atoms with Gasteiger partial charge in [0.2, 0.25) is 0 Å². The Morgan fingerprint density at radius 3 is 2.96 bits per heavy atom. The van der Waals surface area contributed by atoms with Crippen LogP contribution in [-0.2, 0) is 13.6 Å². The normalized spacial score (nSPS) is 10.9. The van der Waals surface area contributed by atoms with E-state index in [1.165, 1.54) is 11.0 Å².